The fourth-order valence-corrected chi connectivity index (χ4v) is 3.54. The number of hydrogen-bond donors (Lipinski definition) is 0. The lowest BCUT2D eigenvalue weighted by atomic mass is 9.78. The van der Waals surface area contributed by atoms with Crippen LogP contribution in [0.3, 0.4) is 0 Å². The Morgan fingerprint density at radius 2 is 2.00 bits per heavy atom. The van der Waals surface area contributed by atoms with E-state index in [0.717, 1.165) is 11.8 Å². The van der Waals surface area contributed by atoms with Crippen molar-refractivity contribution in [3.05, 3.63) is 0 Å². The van der Waals surface area contributed by atoms with Gasteiger partial charge in [-0.25, -0.2) is 0 Å². The topological polar surface area (TPSA) is 26.3 Å². The molecule has 2 fully saturated rings. The third kappa shape index (κ3) is 1.67. The smallest absolute Gasteiger partial charge is 0.303 e. The average molecular weight is 196 g/mol. The van der Waals surface area contributed by atoms with Gasteiger partial charge in [0.25, 0.3) is 0 Å². The van der Waals surface area contributed by atoms with Crippen molar-refractivity contribution >= 4 is 5.97 Å². The van der Waals surface area contributed by atoms with E-state index in [4.69, 9.17) is 4.74 Å². The first-order chi connectivity index (χ1) is 6.49. The van der Waals surface area contributed by atoms with Crippen molar-refractivity contribution in [1.29, 1.82) is 0 Å². The summed E-state index contributed by atoms with van der Waals surface area (Å²) in [4.78, 5) is 11.0. The Hall–Kier alpha value is -0.530. The molecule has 2 aliphatic rings. The highest BCUT2D eigenvalue weighted by Gasteiger charge is 2.47. The Bertz CT molecular complexity index is 245. The predicted octanol–water partition coefficient (Wildman–Crippen LogP) is 2.76. The van der Waals surface area contributed by atoms with E-state index < -0.39 is 0 Å². The fourth-order valence-electron chi connectivity index (χ4n) is 3.54. The summed E-state index contributed by atoms with van der Waals surface area (Å²) in [6, 6.07) is 0. The molecule has 0 radical (unpaired) electrons. The van der Waals surface area contributed by atoms with Crippen LogP contribution in [0.1, 0.15) is 46.5 Å². The van der Waals surface area contributed by atoms with Crippen molar-refractivity contribution in [2.45, 2.75) is 52.1 Å². The van der Waals surface area contributed by atoms with Crippen molar-refractivity contribution in [3.8, 4) is 0 Å². The number of ether oxygens (including phenoxy) is 1. The molecule has 0 saturated heterocycles. The molecule has 2 unspecified atom stereocenters. The van der Waals surface area contributed by atoms with Crippen LogP contribution in [0.15, 0.2) is 0 Å². The molecular formula is C12H20O2. The number of esters is 1. The van der Waals surface area contributed by atoms with E-state index in [9.17, 15) is 4.79 Å². The molecule has 2 aliphatic carbocycles. The molecule has 0 aromatic carbocycles. The van der Waals surface area contributed by atoms with Gasteiger partial charge in [0.05, 0.1) is 0 Å². The molecule has 2 rings (SSSR count). The summed E-state index contributed by atoms with van der Waals surface area (Å²) >= 11 is 0. The molecule has 0 spiro atoms. The molecule has 2 nitrogen and oxygen atoms in total. The Labute approximate surface area is 86.0 Å². The minimum atomic E-state index is -0.244. The van der Waals surface area contributed by atoms with Crippen LogP contribution in [0.2, 0.25) is 0 Å². The summed E-state index contributed by atoms with van der Waals surface area (Å²) in [7, 11) is 0. The third-order valence-corrected chi connectivity index (χ3v) is 4.04. The molecule has 2 bridgehead atoms. The van der Waals surface area contributed by atoms with Crippen LogP contribution in [0, 0.1) is 17.8 Å². The molecule has 0 aromatic rings. The minimum Gasteiger partial charge on any atom is -0.460 e. The lowest BCUT2D eigenvalue weighted by Crippen LogP contribution is -2.39. The van der Waals surface area contributed by atoms with Gasteiger partial charge in [-0.2, -0.15) is 0 Å². The summed E-state index contributed by atoms with van der Waals surface area (Å²) in [6.45, 7) is 5.65. The van der Waals surface area contributed by atoms with Gasteiger partial charge in [-0.3, -0.25) is 4.79 Å². The van der Waals surface area contributed by atoms with Gasteiger partial charge < -0.3 is 4.74 Å². The van der Waals surface area contributed by atoms with E-state index in [1.54, 1.807) is 0 Å². The lowest BCUT2D eigenvalue weighted by molar-refractivity contribution is -0.161. The first-order valence-corrected chi connectivity index (χ1v) is 5.68. The van der Waals surface area contributed by atoms with Crippen molar-refractivity contribution in [2.24, 2.45) is 17.8 Å². The van der Waals surface area contributed by atoms with E-state index in [1.165, 1.54) is 32.6 Å². The normalized spacial score (nSPS) is 36.1. The largest absolute Gasteiger partial charge is 0.460 e. The van der Waals surface area contributed by atoms with E-state index in [2.05, 4.69) is 13.8 Å². The maximum atomic E-state index is 11.0. The van der Waals surface area contributed by atoms with E-state index in [-0.39, 0.29) is 11.6 Å². The fraction of sp³-hybridized carbons (Fsp3) is 0.917. The molecule has 0 aliphatic heterocycles. The second-order valence-corrected chi connectivity index (χ2v) is 5.48. The first kappa shape index (κ1) is 10.0. The monoisotopic (exact) mass is 196 g/mol. The predicted molar refractivity (Wildman–Crippen MR) is 54.8 cm³/mol. The van der Waals surface area contributed by atoms with Gasteiger partial charge in [-0.05, 0) is 44.9 Å². The van der Waals surface area contributed by atoms with Crippen molar-refractivity contribution in [1.82, 2.24) is 0 Å². The molecular weight excluding hydrogens is 176 g/mol. The summed E-state index contributed by atoms with van der Waals surface area (Å²) < 4.78 is 5.44. The molecule has 0 aromatic heterocycles. The standard InChI is InChI=1S/C12H20O2/c1-8(13)14-12(2,3)11-7-9-4-5-10(11)6-9/h9-11H,4-7H2,1-3H3/t9-,10?,11?/m1/s1. The lowest BCUT2D eigenvalue weighted by Gasteiger charge is -2.36. The highest BCUT2D eigenvalue weighted by Crippen LogP contribution is 2.52. The van der Waals surface area contributed by atoms with Crippen LogP contribution in [-0.2, 0) is 9.53 Å². The second-order valence-electron chi connectivity index (χ2n) is 5.48. The van der Waals surface area contributed by atoms with E-state index in [1.807, 2.05) is 0 Å². The van der Waals surface area contributed by atoms with E-state index in [0.29, 0.717) is 5.92 Å². The zero-order valence-electron chi connectivity index (χ0n) is 9.38. The maximum absolute atomic E-state index is 11.0. The Balaban J connectivity index is 2.03. The van der Waals surface area contributed by atoms with Gasteiger partial charge in [0.1, 0.15) is 5.60 Å². The minimum absolute atomic E-state index is 0.141. The molecule has 80 valence electrons. The van der Waals surface area contributed by atoms with Gasteiger partial charge in [0.15, 0.2) is 0 Å². The molecule has 3 atom stereocenters. The molecule has 2 heteroatoms. The molecule has 0 amide bonds. The van der Waals surface area contributed by atoms with Crippen LogP contribution in [0.4, 0.5) is 0 Å². The van der Waals surface area contributed by atoms with Crippen LogP contribution in [0.5, 0.6) is 0 Å². The summed E-state index contributed by atoms with van der Waals surface area (Å²) in [5.74, 6) is 2.19. The molecule has 14 heavy (non-hydrogen) atoms. The van der Waals surface area contributed by atoms with Gasteiger partial charge in [0, 0.05) is 12.8 Å². The number of carbonyl (C=O) groups excluding carboxylic acids is 1. The Kier molecular flexibility index (Phi) is 2.32. The third-order valence-electron chi connectivity index (χ3n) is 4.04. The Morgan fingerprint density at radius 3 is 2.43 bits per heavy atom. The SMILES string of the molecule is CC(=O)OC(C)(C)C1C[C@@H]2CCC1C2. The summed E-state index contributed by atoms with van der Waals surface area (Å²) in [5, 5.41) is 0. The van der Waals surface area contributed by atoms with Gasteiger partial charge in [-0.15, -0.1) is 0 Å². The van der Waals surface area contributed by atoms with Gasteiger partial charge >= 0.3 is 5.97 Å². The highest BCUT2D eigenvalue weighted by molar-refractivity contribution is 5.66. The average Bonchev–Trinajstić information content (AvgIpc) is 2.60. The van der Waals surface area contributed by atoms with Crippen LogP contribution < -0.4 is 0 Å². The quantitative estimate of drug-likeness (QED) is 0.635. The van der Waals surface area contributed by atoms with Crippen molar-refractivity contribution in [3.63, 3.8) is 0 Å². The highest BCUT2D eigenvalue weighted by atomic mass is 16.6. The molecule has 2 saturated carbocycles. The summed E-state index contributed by atoms with van der Waals surface area (Å²) in [6.07, 6.45) is 5.39. The zero-order valence-corrected chi connectivity index (χ0v) is 9.38. The van der Waals surface area contributed by atoms with Crippen molar-refractivity contribution in [2.75, 3.05) is 0 Å². The number of fused-ring (bicyclic) bond motifs is 2. The van der Waals surface area contributed by atoms with E-state index >= 15 is 0 Å². The Morgan fingerprint density at radius 1 is 1.29 bits per heavy atom. The maximum Gasteiger partial charge on any atom is 0.303 e. The number of rotatable bonds is 2. The molecule has 0 N–H and O–H groups in total. The zero-order chi connectivity index (χ0) is 10.3. The van der Waals surface area contributed by atoms with Crippen LogP contribution in [-0.4, -0.2) is 11.6 Å². The molecule has 0 heterocycles. The first-order valence-electron chi connectivity index (χ1n) is 5.68. The number of hydrogen-bond acceptors (Lipinski definition) is 2. The van der Waals surface area contributed by atoms with Gasteiger partial charge in [0.2, 0.25) is 0 Å². The second kappa shape index (κ2) is 3.25. The number of carbonyl (C=O) groups is 1. The van der Waals surface area contributed by atoms with Crippen LogP contribution >= 0.6 is 0 Å². The van der Waals surface area contributed by atoms with Gasteiger partial charge in [-0.1, -0.05) is 6.42 Å². The van der Waals surface area contributed by atoms with Crippen molar-refractivity contribution < 1.29 is 9.53 Å². The summed E-state index contributed by atoms with van der Waals surface area (Å²) in [5.41, 5.74) is -0.244. The van der Waals surface area contributed by atoms with Crippen LogP contribution in [0.25, 0.3) is 0 Å².